The molecule has 0 aliphatic carbocycles. The van der Waals surface area contributed by atoms with Crippen molar-refractivity contribution in [1.29, 1.82) is 0 Å². The molecule has 2 aliphatic heterocycles. The van der Waals surface area contributed by atoms with Crippen molar-refractivity contribution >= 4 is 28.3 Å². The van der Waals surface area contributed by atoms with Gasteiger partial charge in [-0.2, -0.15) is 10.2 Å². The summed E-state index contributed by atoms with van der Waals surface area (Å²) < 4.78 is 1.85. The van der Waals surface area contributed by atoms with Gasteiger partial charge in [0.2, 0.25) is 0 Å². The Morgan fingerprint density at radius 1 is 1.15 bits per heavy atom. The third kappa shape index (κ3) is 3.51. The normalized spacial score (nSPS) is 21.1. The quantitative estimate of drug-likeness (QED) is 0.488. The van der Waals surface area contributed by atoms with Crippen LogP contribution in [0.3, 0.4) is 0 Å². The first-order valence-corrected chi connectivity index (χ1v) is 12.1. The zero-order chi connectivity index (χ0) is 23.4. The van der Waals surface area contributed by atoms with E-state index in [4.69, 9.17) is 15.8 Å². The molecule has 4 aromatic rings. The number of H-pyrrole nitrogens is 1. The number of aromatic amines is 1. The third-order valence-corrected chi connectivity index (χ3v) is 7.18. The number of benzene rings is 1. The van der Waals surface area contributed by atoms with Crippen molar-refractivity contribution in [2.75, 3.05) is 24.5 Å². The van der Waals surface area contributed by atoms with Crippen LogP contribution in [0.2, 0.25) is 0 Å². The van der Waals surface area contributed by atoms with E-state index in [1.807, 2.05) is 40.7 Å². The highest BCUT2D eigenvalue weighted by Gasteiger charge is 2.32. The number of aromatic nitrogens is 5. The van der Waals surface area contributed by atoms with E-state index < -0.39 is 0 Å². The molecule has 3 aromatic heterocycles. The maximum absolute atomic E-state index is 13.8. The van der Waals surface area contributed by atoms with Gasteiger partial charge in [0.1, 0.15) is 5.82 Å². The fourth-order valence-electron chi connectivity index (χ4n) is 5.49. The lowest BCUT2D eigenvalue weighted by Crippen LogP contribution is -2.38. The number of amides is 1. The second-order valence-corrected chi connectivity index (χ2v) is 9.77. The molecule has 2 saturated heterocycles. The first kappa shape index (κ1) is 21.1. The number of fused-ring (bicyclic) bond motifs is 2. The van der Waals surface area contributed by atoms with Crippen LogP contribution in [0.5, 0.6) is 0 Å². The van der Waals surface area contributed by atoms with Gasteiger partial charge in [0.05, 0.1) is 29.0 Å². The summed E-state index contributed by atoms with van der Waals surface area (Å²) in [6, 6.07) is 6.16. The maximum atomic E-state index is 13.8. The summed E-state index contributed by atoms with van der Waals surface area (Å²) in [5.41, 5.74) is 11.4. The Kier molecular flexibility index (Phi) is 5.02. The summed E-state index contributed by atoms with van der Waals surface area (Å²) in [6.45, 7) is 6.54. The number of hydrogen-bond donors (Lipinski definition) is 2. The molecule has 176 valence electrons. The predicted molar refractivity (Wildman–Crippen MR) is 131 cm³/mol. The average molecular weight is 459 g/mol. The third-order valence-electron chi connectivity index (χ3n) is 7.18. The first-order valence-electron chi connectivity index (χ1n) is 12.1. The van der Waals surface area contributed by atoms with E-state index in [0.717, 1.165) is 78.0 Å². The van der Waals surface area contributed by atoms with Gasteiger partial charge < -0.3 is 15.5 Å². The lowest BCUT2D eigenvalue weighted by molar-refractivity contribution is 0.0607. The summed E-state index contributed by atoms with van der Waals surface area (Å²) in [6.07, 6.45) is 7.74. The van der Waals surface area contributed by atoms with Gasteiger partial charge >= 0.3 is 0 Å². The molecule has 34 heavy (non-hydrogen) atoms. The fourth-order valence-corrected chi connectivity index (χ4v) is 5.49. The molecule has 1 amide bonds. The van der Waals surface area contributed by atoms with Crippen LogP contribution in [0.15, 0.2) is 30.6 Å². The molecule has 5 heterocycles. The summed E-state index contributed by atoms with van der Waals surface area (Å²) in [4.78, 5) is 23.0. The fraction of sp³-hybridized carbons (Fsp3) is 0.440. The van der Waals surface area contributed by atoms with Crippen LogP contribution in [0.25, 0.3) is 16.6 Å². The number of carbonyl (C=O) groups excluding carboxylic acids is 1. The van der Waals surface area contributed by atoms with E-state index in [1.54, 1.807) is 6.20 Å². The highest BCUT2D eigenvalue weighted by molar-refractivity contribution is 6.05. The van der Waals surface area contributed by atoms with E-state index in [2.05, 4.69) is 22.0 Å². The number of carbonyl (C=O) groups is 1. The van der Waals surface area contributed by atoms with Crippen LogP contribution in [0.1, 0.15) is 58.9 Å². The van der Waals surface area contributed by atoms with Crippen molar-refractivity contribution in [1.82, 2.24) is 29.7 Å². The predicted octanol–water partition coefficient (Wildman–Crippen LogP) is 3.13. The van der Waals surface area contributed by atoms with Gasteiger partial charge in [0, 0.05) is 48.9 Å². The molecule has 2 atom stereocenters. The molecule has 9 nitrogen and oxygen atoms in total. The Bertz CT molecular complexity index is 1390. The standard InChI is InChI=1S/C25H30N8O/c1-15-9-17-12-27-29-23(17)19(10-15)25(34)32-7-4-3-5-21(32)20-11-22-28-24(16(2)13-33(22)30-20)31-8-6-18(26)14-31/h9-13,18,21H,3-8,14,26H2,1-2H3,(H,27,29)/t18-,21-/m0/s1. The Hall–Kier alpha value is -3.46. The number of nitrogens with two attached hydrogens (primary N) is 1. The second kappa shape index (κ2) is 8.09. The van der Waals surface area contributed by atoms with Crippen molar-refractivity contribution in [2.45, 2.75) is 51.6 Å². The number of nitrogens with one attached hydrogen (secondary N) is 1. The molecular formula is C25H30N8O. The smallest absolute Gasteiger partial charge is 0.256 e. The molecule has 2 aliphatic rings. The molecular weight excluding hydrogens is 428 g/mol. The average Bonchev–Trinajstić information content (AvgIpc) is 3.56. The molecule has 0 spiro atoms. The largest absolute Gasteiger partial charge is 0.355 e. The number of piperidine rings is 1. The van der Waals surface area contributed by atoms with E-state index >= 15 is 0 Å². The highest BCUT2D eigenvalue weighted by atomic mass is 16.2. The van der Waals surface area contributed by atoms with Crippen molar-refractivity contribution in [3.63, 3.8) is 0 Å². The van der Waals surface area contributed by atoms with Crippen LogP contribution >= 0.6 is 0 Å². The molecule has 0 saturated carbocycles. The van der Waals surface area contributed by atoms with E-state index in [1.165, 1.54) is 0 Å². The molecule has 3 N–H and O–H groups in total. The SMILES string of the molecule is Cc1cc(C(=O)N2CCCC[C@H]2c2cc3nc(N4CC[C@H](N)C4)c(C)cn3n2)c2[nH]ncc2c1. The summed E-state index contributed by atoms with van der Waals surface area (Å²) >= 11 is 0. The number of anilines is 1. The number of nitrogens with zero attached hydrogens (tertiary/aromatic N) is 6. The maximum Gasteiger partial charge on any atom is 0.256 e. The van der Waals surface area contributed by atoms with Crippen molar-refractivity contribution < 1.29 is 4.79 Å². The van der Waals surface area contributed by atoms with E-state index in [-0.39, 0.29) is 18.0 Å². The minimum atomic E-state index is -0.0783. The summed E-state index contributed by atoms with van der Waals surface area (Å²) in [7, 11) is 0. The van der Waals surface area contributed by atoms with Gasteiger partial charge in [0.25, 0.3) is 5.91 Å². The van der Waals surface area contributed by atoms with Gasteiger partial charge in [-0.25, -0.2) is 9.50 Å². The molecule has 0 radical (unpaired) electrons. The number of hydrogen-bond acceptors (Lipinski definition) is 6. The zero-order valence-corrected chi connectivity index (χ0v) is 19.7. The molecule has 2 fully saturated rings. The van der Waals surface area contributed by atoms with Crippen LogP contribution in [0, 0.1) is 13.8 Å². The van der Waals surface area contributed by atoms with E-state index in [9.17, 15) is 4.79 Å². The Morgan fingerprint density at radius 2 is 2.03 bits per heavy atom. The number of likely N-dealkylation sites (tertiary alicyclic amines) is 1. The minimum absolute atomic E-state index is 0.0237. The van der Waals surface area contributed by atoms with Crippen LogP contribution < -0.4 is 10.6 Å². The van der Waals surface area contributed by atoms with Crippen LogP contribution in [0.4, 0.5) is 5.82 Å². The van der Waals surface area contributed by atoms with Crippen LogP contribution in [-0.2, 0) is 0 Å². The summed E-state index contributed by atoms with van der Waals surface area (Å²) in [5.74, 6) is 1.00. The monoisotopic (exact) mass is 458 g/mol. The van der Waals surface area contributed by atoms with Gasteiger partial charge in [0.15, 0.2) is 5.65 Å². The van der Waals surface area contributed by atoms with Crippen LogP contribution in [-0.4, -0.2) is 61.3 Å². The molecule has 1 aromatic carbocycles. The molecule has 9 heteroatoms. The lowest BCUT2D eigenvalue weighted by atomic mass is 9.97. The Labute approximate surface area is 197 Å². The minimum Gasteiger partial charge on any atom is -0.355 e. The van der Waals surface area contributed by atoms with Gasteiger partial charge in [-0.3, -0.25) is 9.89 Å². The van der Waals surface area contributed by atoms with Crippen molar-refractivity contribution in [3.8, 4) is 0 Å². The van der Waals surface area contributed by atoms with Crippen molar-refractivity contribution in [2.24, 2.45) is 5.73 Å². The first-order chi connectivity index (χ1) is 16.5. The highest BCUT2D eigenvalue weighted by Crippen LogP contribution is 2.34. The topological polar surface area (TPSA) is 108 Å². The van der Waals surface area contributed by atoms with Gasteiger partial charge in [-0.15, -0.1) is 0 Å². The van der Waals surface area contributed by atoms with Gasteiger partial charge in [-0.05, 0) is 57.2 Å². The molecule has 0 bridgehead atoms. The van der Waals surface area contributed by atoms with E-state index in [0.29, 0.717) is 12.1 Å². The zero-order valence-electron chi connectivity index (χ0n) is 19.7. The molecule has 0 unspecified atom stereocenters. The molecule has 6 rings (SSSR count). The Balaban J connectivity index is 1.36. The number of rotatable bonds is 3. The summed E-state index contributed by atoms with van der Waals surface area (Å²) in [5, 5.41) is 13.0. The lowest BCUT2D eigenvalue weighted by Gasteiger charge is -2.35. The Morgan fingerprint density at radius 3 is 2.85 bits per heavy atom. The van der Waals surface area contributed by atoms with Gasteiger partial charge in [-0.1, -0.05) is 0 Å². The second-order valence-electron chi connectivity index (χ2n) is 9.77. The van der Waals surface area contributed by atoms with Crippen molar-refractivity contribution in [3.05, 3.63) is 53.0 Å². The number of aryl methyl sites for hydroxylation is 2.